The summed E-state index contributed by atoms with van der Waals surface area (Å²) >= 11 is 1.42. The van der Waals surface area contributed by atoms with Gasteiger partial charge in [0.1, 0.15) is 12.4 Å². The highest BCUT2D eigenvalue weighted by atomic mass is 32.1. The van der Waals surface area contributed by atoms with Gasteiger partial charge < -0.3 is 9.80 Å². The van der Waals surface area contributed by atoms with Gasteiger partial charge in [0, 0.05) is 23.0 Å². The van der Waals surface area contributed by atoms with Gasteiger partial charge in [0.15, 0.2) is 0 Å². The molecule has 2 aromatic carbocycles. The summed E-state index contributed by atoms with van der Waals surface area (Å²) in [7, 11) is 0. The van der Waals surface area contributed by atoms with Gasteiger partial charge in [-0.3, -0.25) is 9.59 Å². The second-order valence-electron chi connectivity index (χ2n) is 10.4. The van der Waals surface area contributed by atoms with Crippen LogP contribution in [0, 0.1) is 12.7 Å². The molecular formula is C30H29F7N2O2S. The summed E-state index contributed by atoms with van der Waals surface area (Å²) in [4.78, 5) is 31.0. The molecule has 1 heterocycles. The topological polar surface area (TPSA) is 40.6 Å². The van der Waals surface area contributed by atoms with E-state index in [1.165, 1.54) is 40.5 Å². The highest BCUT2D eigenvalue weighted by molar-refractivity contribution is 7.10. The minimum absolute atomic E-state index is 0.0271. The second kappa shape index (κ2) is 12.8. The number of rotatable bonds is 8. The van der Waals surface area contributed by atoms with E-state index >= 15 is 0 Å². The fraction of sp³-hybridized carbons (Fsp3) is 0.400. The lowest BCUT2D eigenvalue weighted by molar-refractivity contribution is -0.143. The van der Waals surface area contributed by atoms with Crippen molar-refractivity contribution in [1.29, 1.82) is 0 Å². The summed E-state index contributed by atoms with van der Waals surface area (Å²) in [6.07, 6.45) is -7.04. The molecule has 1 fully saturated rings. The monoisotopic (exact) mass is 614 g/mol. The van der Waals surface area contributed by atoms with Crippen LogP contribution in [0.4, 0.5) is 30.7 Å². The number of carbonyl (C=O) groups is 2. The van der Waals surface area contributed by atoms with Crippen LogP contribution in [0.15, 0.2) is 53.9 Å². The van der Waals surface area contributed by atoms with Crippen LogP contribution in [-0.4, -0.2) is 34.2 Å². The maximum absolute atomic E-state index is 13.8. The summed E-state index contributed by atoms with van der Waals surface area (Å²) < 4.78 is 94.8. The van der Waals surface area contributed by atoms with Crippen molar-refractivity contribution in [3.8, 4) is 0 Å². The molecule has 1 saturated carbocycles. The van der Waals surface area contributed by atoms with Gasteiger partial charge in [-0.1, -0.05) is 31.4 Å². The van der Waals surface area contributed by atoms with E-state index in [0.29, 0.717) is 43.4 Å². The molecule has 42 heavy (non-hydrogen) atoms. The van der Waals surface area contributed by atoms with E-state index < -0.39 is 59.3 Å². The predicted octanol–water partition coefficient (Wildman–Crippen LogP) is 8.24. The summed E-state index contributed by atoms with van der Waals surface area (Å²) in [5.41, 5.74) is -2.43. The molecule has 226 valence electrons. The average Bonchev–Trinajstić information content (AvgIpc) is 3.35. The Kier molecular flexibility index (Phi) is 9.64. The Morgan fingerprint density at radius 2 is 1.45 bits per heavy atom. The zero-order chi connectivity index (χ0) is 30.7. The van der Waals surface area contributed by atoms with Crippen LogP contribution in [0.5, 0.6) is 0 Å². The van der Waals surface area contributed by atoms with Crippen molar-refractivity contribution in [1.82, 2.24) is 9.80 Å². The largest absolute Gasteiger partial charge is 0.416 e. The first kappa shape index (κ1) is 31.5. The molecule has 1 aromatic heterocycles. The summed E-state index contributed by atoms with van der Waals surface area (Å²) in [5, 5.41) is 1.86. The minimum atomic E-state index is -5.12. The van der Waals surface area contributed by atoms with Gasteiger partial charge in [-0.25, -0.2) is 4.39 Å². The number of nitrogens with zero attached hydrogens (tertiary/aromatic N) is 2. The van der Waals surface area contributed by atoms with E-state index in [1.807, 2.05) is 18.4 Å². The quantitative estimate of drug-likeness (QED) is 0.240. The Bertz CT molecular complexity index is 1360. The van der Waals surface area contributed by atoms with Crippen molar-refractivity contribution in [2.24, 2.45) is 0 Å². The molecule has 0 unspecified atom stereocenters. The fourth-order valence-electron chi connectivity index (χ4n) is 5.03. The van der Waals surface area contributed by atoms with Crippen LogP contribution in [0.1, 0.15) is 69.6 Å². The van der Waals surface area contributed by atoms with Crippen LogP contribution in [0.25, 0.3) is 0 Å². The zero-order valence-electron chi connectivity index (χ0n) is 22.7. The standard InChI is InChI=1S/C30H29F7N2O2S/c1-19-11-12-42-26(19)17-38(16-20-7-9-24(31)10-8-20)27(40)18-39(25-5-3-2-4-6-25)28(41)21-13-22(29(32,33)34)15-23(14-21)30(35,36)37/h7-15,25H,2-6,16-18H2,1H3. The van der Waals surface area contributed by atoms with Crippen LogP contribution < -0.4 is 0 Å². The molecule has 4 rings (SSSR count). The van der Waals surface area contributed by atoms with Crippen molar-refractivity contribution >= 4 is 23.2 Å². The highest BCUT2D eigenvalue weighted by Crippen LogP contribution is 2.37. The van der Waals surface area contributed by atoms with Gasteiger partial charge in [0.25, 0.3) is 5.91 Å². The Hall–Kier alpha value is -3.41. The van der Waals surface area contributed by atoms with E-state index in [0.717, 1.165) is 21.8 Å². The van der Waals surface area contributed by atoms with Crippen LogP contribution in [0.3, 0.4) is 0 Å². The van der Waals surface area contributed by atoms with Gasteiger partial charge in [-0.15, -0.1) is 11.3 Å². The van der Waals surface area contributed by atoms with Crippen molar-refractivity contribution in [3.63, 3.8) is 0 Å². The van der Waals surface area contributed by atoms with Gasteiger partial charge >= 0.3 is 12.4 Å². The average molecular weight is 615 g/mol. The first-order valence-corrected chi connectivity index (χ1v) is 14.3. The summed E-state index contributed by atoms with van der Waals surface area (Å²) in [5.74, 6) is -2.06. The molecule has 0 aliphatic heterocycles. The third-order valence-electron chi connectivity index (χ3n) is 7.36. The number of hydrogen-bond donors (Lipinski definition) is 0. The maximum Gasteiger partial charge on any atom is 0.416 e. The maximum atomic E-state index is 13.8. The molecule has 0 spiro atoms. The van der Waals surface area contributed by atoms with Crippen LogP contribution >= 0.6 is 11.3 Å². The van der Waals surface area contributed by atoms with Crippen molar-refractivity contribution < 1.29 is 40.3 Å². The zero-order valence-corrected chi connectivity index (χ0v) is 23.5. The smallest absolute Gasteiger partial charge is 0.332 e. The molecule has 1 aliphatic carbocycles. The van der Waals surface area contributed by atoms with Crippen molar-refractivity contribution in [2.45, 2.75) is 70.5 Å². The molecule has 4 nitrogen and oxygen atoms in total. The number of aryl methyl sites for hydroxylation is 1. The third-order valence-corrected chi connectivity index (χ3v) is 8.37. The summed E-state index contributed by atoms with van der Waals surface area (Å²) in [6, 6.07) is 7.66. The summed E-state index contributed by atoms with van der Waals surface area (Å²) in [6.45, 7) is 1.56. The van der Waals surface area contributed by atoms with E-state index in [-0.39, 0.29) is 19.2 Å². The van der Waals surface area contributed by atoms with Gasteiger partial charge in [0.2, 0.25) is 5.91 Å². The number of thiophene rings is 1. The molecule has 0 bridgehead atoms. The Morgan fingerprint density at radius 3 is 1.98 bits per heavy atom. The number of halogens is 7. The SMILES string of the molecule is Cc1ccsc1CN(Cc1ccc(F)cc1)C(=O)CN(C(=O)c1cc(C(F)(F)F)cc(C(F)(F)F)c1)C1CCCCC1. The van der Waals surface area contributed by atoms with Gasteiger partial charge in [-0.05, 0) is 72.7 Å². The first-order valence-electron chi connectivity index (χ1n) is 13.4. The highest BCUT2D eigenvalue weighted by Gasteiger charge is 2.39. The number of benzene rings is 2. The van der Waals surface area contributed by atoms with Crippen molar-refractivity contribution in [2.75, 3.05) is 6.54 Å². The molecule has 2 amide bonds. The van der Waals surface area contributed by atoms with E-state index in [9.17, 15) is 40.3 Å². The molecule has 0 saturated heterocycles. The number of hydrogen-bond acceptors (Lipinski definition) is 3. The lowest BCUT2D eigenvalue weighted by Crippen LogP contribution is -2.48. The van der Waals surface area contributed by atoms with Crippen molar-refractivity contribution in [3.05, 3.63) is 92.4 Å². The number of carbonyl (C=O) groups excluding carboxylic acids is 2. The number of amides is 2. The molecule has 12 heteroatoms. The Balaban J connectivity index is 1.69. The molecular weight excluding hydrogens is 585 g/mol. The van der Waals surface area contributed by atoms with Gasteiger partial charge in [-0.2, -0.15) is 26.3 Å². The van der Waals surface area contributed by atoms with E-state index in [2.05, 4.69) is 0 Å². The molecule has 3 aromatic rings. The fourth-order valence-corrected chi connectivity index (χ4v) is 5.95. The second-order valence-corrected chi connectivity index (χ2v) is 11.4. The predicted molar refractivity (Wildman–Crippen MR) is 144 cm³/mol. The van der Waals surface area contributed by atoms with Crippen LogP contribution in [0.2, 0.25) is 0 Å². The molecule has 0 atom stereocenters. The van der Waals surface area contributed by atoms with E-state index in [1.54, 1.807) is 0 Å². The van der Waals surface area contributed by atoms with Crippen LogP contribution in [-0.2, 0) is 30.2 Å². The first-order chi connectivity index (χ1) is 19.7. The number of alkyl halides is 6. The normalized spacial score (nSPS) is 14.6. The Morgan fingerprint density at radius 1 is 0.857 bits per heavy atom. The third kappa shape index (κ3) is 7.90. The lowest BCUT2D eigenvalue weighted by Gasteiger charge is -2.36. The molecule has 1 aliphatic rings. The van der Waals surface area contributed by atoms with Gasteiger partial charge in [0.05, 0.1) is 17.7 Å². The Labute approximate surface area is 242 Å². The lowest BCUT2D eigenvalue weighted by atomic mass is 9.93. The van der Waals surface area contributed by atoms with E-state index in [4.69, 9.17) is 0 Å². The molecule has 0 radical (unpaired) electrons. The minimum Gasteiger partial charge on any atom is -0.332 e. The molecule has 0 N–H and O–H groups in total.